The van der Waals surface area contributed by atoms with Gasteiger partial charge < -0.3 is 0 Å². The van der Waals surface area contributed by atoms with E-state index in [1.54, 1.807) is 11.8 Å². The molecule has 2 aliphatic carbocycles. The van der Waals surface area contributed by atoms with Crippen molar-refractivity contribution in [1.29, 1.82) is 0 Å². The smallest absolute Gasteiger partial charge is 0.163 e. The van der Waals surface area contributed by atoms with Gasteiger partial charge in [0, 0.05) is 16.9 Å². The van der Waals surface area contributed by atoms with Gasteiger partial charge in [-0.05, 0) is 55.4 Å². The molecule has 1 nitrogen and oxygen atoms in total. The Morgan fingerprint density at radius 3 is 2.56 bits per heavy atom. The number of benzene rings is 1. The Morgan fingerprint density at radius 2 is 2.00 bits per heavy atom. The molecule has 18 heavy (non-hydrogen) atoms. The highest BCUT2D eigenvalue weighted by Gasteiger charge is 2.40. The predicted octanol–water partition coefficient (Wildman–Crippen LogP) is 4.42. The van der Waals surface area contributed by atoms with Crippen molar-refractivity contribution in [3.8, 4) is 0 Å². The molecule has 1 aromatic carbocycles. The zero-order valence-corrected chi connectivity index (χ0v) is 11.7. The largest absolute Gasteiger partial charge is 0.294 e. The maximum Gasteiger partial charge on any atom is 0.163 e. The lowest BCUT2D eigenvalue weighted by Gasteiger charge is -2.20. The summed E-state index contributed by atoms with van der Waals surface area (Å²) in [5, 5.41) is 0. The Bertz CT molecular complexity index is 437. The van der Waals surface area contributed by atoms with Crippen LogP contribution in [0.15, 0.2) is 29.2 Å². The second kappa shape index (κ2) is 5.08. The van der Waals surface area contributed by atoms with Gasteiger partial charge in [0.2, 0.25) is 0 Å². The van der Waals surface area contributed by atoms with E-state index in [-0.39, 0.29) is 0 Å². The number of Topliss-reactive ketones (excluding diaryl/α,β-unsaturated/α-hetero) is 1. The molecule has 0 spiro atoms. The normalized spacial score (nSPS) is 29.7. The van der Waals surface area contributed by atoms with Gasteiger partial charge in [-0.15, -0.1) is 11.8 Å². The third kappa shape index (κ3) is 2.35. The van der Waals surface area contributed by atoms with Crippen molar-refractivity contribution in [3.63, 3.8) is 0 Å². The van der Waals surface area contributed by atoms with E-state index in [0.29, 0.717) is 11.7 Å². The Hall–Kier alpha value is -0.760. The first-order chi connectivity index (χ1) is 8.76. The molecule has 0 radical (unpaired) electrons. The van der Waals surface area contributed by atoms with Crippen LogP contribution in [0.25, 0.3) is 0 Å². The van der Waals surface area contributed by atoms with Gasteiger partial charge >= 0.3 is 0 Å². The summed E-state index contributed by atoms with van der Waals surface area (Å²) in [5.41, 5.74) is 0.899. The van der Waals surface area contributed by atoms with Crippen LogP contribution in [0.5, 0.6) is 0 Å². The van der Waals surface area contributed by atoms with Crippen LogP contribution >= 0.6 is 11.8 Å². The molecule has 0 aliphatic heterocycles. The van der Waals surface area contributed by atoms with Crippen LogP contribution in [0.3, 0.4) is 0 Å². The summed E-state index contributed by atoms with van der Waals surface area (Å²) in [6.07, 6.45) is 8.32. The molecule has 1 aromatic rings. The van der Waals surface area contributed by atoms with Crippen LogP contribution in [0.2, 0.25) is 0 Å². The Kier molecular flexibility index (Phi) is 3.47. The quantitative estimate of drug-likeness (QED) is 0.589. The third-order valence-corrected chi connectivity index (χ3v) is 5.49. The van der Waals surface area contributed by atoms with E-state index in [1.807, 2.05) is 12.1 Å². The van der Waals surface area contributed by atoms with Crippen LogP contribution in [-0.4, -0.2) is 12.0 Å². The number of hydrogen-bond donors (Lipinski definition) is 0. The first-order valence-electron chi connectivity index (χ1n) is 6.93. The van der Waals surface area contributed by atoms with E-state index < -0.39 is 0 Å². The van der Waals surface area contributed by atoms with Gasteiger partial charge in [-0.3, -0.25) is 4.79 Å². The molecular formula is C16H20OS. The van der Waals surface area contributed by atoms with Gasteiger partial charge in [-0.1, -0.05) is 18.6 Å². The minimum Gasteiger partial charge on any atom is -0.294 e. The molecule has 2 aliphatic rings. The molecule has 2 heteroatoms. The maximum absolute atomic E-state index is 12.3. The van der Waals surface area contributed by atoms with Gasteiger partial charge in [-0.25, -0.2) is 0 Å². The maximum atomic E-state index is 12.3. The van der Waals surface area contributed by atoms with Crippen molar-refractivity contribution in [3.05, 3.63) is 29.8 Å². The molecule has 0 saturated heterocycles. The minimum absolute atomic E-state index is 0.347. The first kappa shape index (κ1) is 12.3. The standard InChI is InChI=1S/C16H20OS/c1-18-15-6-4-12(5-7-15)16(17)10-14-9-11-2-3-13(14)8-11/h4-7,11,13-14H,2-3,8-10H2,1H3. The summed E-state index contributed by atoms with van der Waals surface area (Å²) < 4.78 is 0. The average molecular weight is 260 g/mol. The lowest BCUT2D eigenvalue weighted by atomic mass is 9.84. The van der Waals surface area contributed by atoms with Crippen LogP contribution in [0, 0.1) is 17.8 Å². The summed E-state index contributed by atoms with van der Waals surface area (Å²) in [7, 11) is 0. The highest BCUT2D eigenvalue weighted by atomic mass is 32.2. The molecule has 0 heterocycles. The second-order valence-electron chi connectivity index (χ2n) is 5.79. The van der Waals surface area contributed by atoms with Crippen molar-refractivity contribution in [1.82, 2.24) is 0 Å². The van der Waals surface area contributed by atoms with E-state index in [4.69, 9.17) is 0 Å². The number of hydrogen-bond acceptors (Lipinski definition) is 2. The molecule has 2 bridgehead atoms. The molecule has 3 unspecified atom stereocenters. The lowest BCUT2D eigenvalue weighted by Crippen LogP contribution is -2.15. The van der Waals surface area contributed by atoms with Gasteiger partial charge in [0.15, 0.2) is 5.78 Å². The number of thioether (sulfide) groups is 1. The van der Waals surface area contributed by atoms with E-state index in [2.05, 4.69) is 18.4 Å². The summed E-state index contributed by atoms with van der Waals surface area (Å²) >= 11 is 1.72. The Morgan fingerprint density at radius 1 is 1.22 bits per heavy atom. The predicted molar refractivity (Wildman–Crippen MR) is 76.1 cm³/mol. The summed E-state index contributed by atoms with van der Waals surface area (Å²) in [6, 6.07) is 8.08. The fraction of sp³-hybridized carbons (Fsp3) is 0.562. The summed E-state index contributed by atoms with van der Waals surface area (Å²) in [5.74, 6) is 2.81. The second-order valence-corrected chi connectivity index (χ2v) is 6.67. The molecule has 2 fully saturated rings. The molecule has 0 amide bonds. The number of carbonyl (C=O) groups excluding carboxylic acids is 1. The van der Waals surface area contributed by atoms with Crippen molar-refractivity contribution < 1.29 is 4.79 Å². The number of rotatable bonds is 4. The topological polar surface area (TPSA) is 17.1 Å². The number of ketones is 1. The monoisotopic (exact) mass is 260 g/mol. The van der Waals surface area contributed by atoms with Crippen molar-refractivity contribution in [2.24, 2.45) is 17.8 Å². The third-order valence-electron chi connectivity index (χ3n) is 4.74. The van der Waals surface area contributed by atoms with Gasteiger partial charge in [-0.2, -0.15) is 0 Å². The van der Waals surface area contributed by atoms with Crippen LogP contribution in [0.4, 0.5) is 0 Å². The van der Waals surface area contributed by atoms with Crippen molar-refractivity contribution >= 4 is 17.5 Å². The first-order valence-corrected chi connectivity index (χ1v) is 8.16. The minimum atomic E-state index is 0.347. The highest BCUT2D eigenvalue weighted by molar-refractivity contribution is 7.98. The molecule has 2 saturated carbocycles. The molecule has 96 valence electrons. The average Bonchev–Trinajstić information content (AvgIpc) is 3.01. The van der Waals surface area contributed by atoms with Gasteiger partial charge in [0.05, 0.1) is 0 Å². The number of carbonyl (C=O) groups is 1. The fourth-order valence-electron chi connectivity index (χ4n) is 3.76. The van der Waals surface area contributed by atoms with Crippen LogP contribution in [-0.2, 0) is 0 Å². The molecule has 0 aromatic heterocycles. The molecule has 3 rings (SSSR count). The van der Waals surface area contributed by atoms with Gasteiger partial charge in [0.1, 0.15) is 0 Å². The van der Waals surface area contributed by atoms with Crippen molar-refractivity contribution in [2.45, 2.75) is 37.0 Å². The Balaban J connectivity index is 1.64. The number of fused-ring (bicyclic) bond motifs is 2. The molecule has 3 atom stereocenters. The summed E-state index contributed by atoms with van der Waals surface area (Å²) in [4.78, 5) is 13.5. The lowest BCUT2D eigenvalue weighted by molar-refractivity contribution is 0.0944. The van der Waals surface area contributed by atoms with Crippen LogP contribution in [0.1, 0.15) is 42.5 Å². The zero-order valence-electron chi connectivity index (χ0n) is 10.9. The van der Waals surface area contributed by atoms with E-state index >= 15 is 0 Å². The van der Waals surface area contributed by atoms with Crippen molar-refractivity contribution in [2.75, 3.05) is 6.26 Å². The fourth-order valence-corrected chi connectivity index (χ4v) is 4.17. The summed E-state index contributed by atoms with van der Waals surface area (Å²) in [6.45, 7) is 0. The molecule has 0 N–H and O–H groups in total. The highest BCUT2D eigenvalue weighted by Crippen LogP contribution is 2.49. The van der Waals surface area contributed by atoms with E-state index in [1.165, 1.54) is 30.6 Å². The molecular weight excluding hydrogens is 240 g/mol. The van der Waals surface area contributed by atoms with Crippen LogP contribution < -0.4 is 0 Å². The zero-order chi connectivity index (χ0) is 12.5. The van der Waals surface area contributed by atoms with E-state index in [9.17, 15) is 4.79 Å². The van der Waals surface area contributed by atoms with Gasteiger partial charge in [0.25, 0.3) is 0 Å². The van der Waals surface area contributed by atoms with E-state index in [0.717, 1.165) is 23.8 Å². The Labute approximate surface area is 113 Å². The SMILES string of the molecule is CSc1ccc(C(=O)CC2CC3CCC2C3)cc1.